The normalized spacial score (nSPS) is 14.5. The Morgan fingerprint density at radius 1 is 0.870 bits per heavy atom. The van der Waals surface area contributed by atoms with Crippen molar-refractivity contribution in [1.82, 2.24) is 16.0 Å². The highest BCUT2D eigenvalue weighted by Crippen LogP contribution is 2.30. The zero-order valence-corrected chi connectivity index (χ0v) is 34.8. The number of aliphatic hydroxyl groups excluding tert-OH is 1. The number of primary amides is 1. The van der Waals surface area contributed by atoms with E-state index in [0.29, 0.717) is 37.7 Å². The number of amides is 4. The molecule has 5 unspecified atom stereocenters. The quantitative estimate of drug-likeness (QED) is 0.0656. The molecular weight excluding hydrogens is 692 g/mol. The first-order chi connectivity index (χ1) is 25.4. The van der Waals surface area contributed by atoms with Crippen LogP contribution < -0.4 is 31.2 Å². The number of rotatable bonds is 27. The summed E-state index contributed by atoms with van der Waals surface area (Å²) in [5, 5.41) is 20.2. The number of benzene rings is 1. The lowest BCUT2D eigenvalue weighted by atomic mass is 9.78. The van der Waals surface area contributed by atoms with Gasteiger partial charge in [-0.1, -0.05) is 67.2 Å². The second-order valence-electron chi connectivity index (χ2n) is 15.9. The molecule has 13 heteroatoms. The Bertz CT molecular complexity index is 1270. The number of unbranched alkanes of at least 4 members (excludes halogenated alkanes) is 3. The first-order valence-electron chi connectivity index (χ1n) is 19.9. The molecule has 4 amide bonds. The van der Waals surface area contributed by atoms with Crippen LogP contribution in [0, 0.1) is 23.7 Å². The number of nitrogens with two attached hydrogens (primary N) is 1. The molecule has 0 radical (unpaired) electrons. The van der Waals surface area contributed by atoms with Crippen molar-refractivity contribution in [2.24, 2.45) is 29.4 Å². The molecule has 0 aromatic heterocycles. The van der Waals surface area contributed by atoms with Gasteiger partial charge in [0, 0.05) is 26.3 Å². The van der Waals surface area contributed by atoms with Crippen LogP contribution in [0.2, 0.25) is 0 Å². The minimum Gasteiger partial charge on any atom is -0.493 e. The average Bonchev–Trinajstić information content (AvgIpc) is 3.08. The Morgan fingerprint density at radius 2 is 1.54 bits per heavy atom. The zero-order chi connectivity index (χ0) is 40.8. The van der Waals surface area contributed by atoms with E-state index in [-0.39, 0.29) is 48.7 Å². The summed E-state index contributed by atoms with van der Waals surface area (Å²) in [6, 6.07) is 2.67. The van der Waals surface area contributed by atoms with Gasteiger partial charge in [-0.15, -0.1) is 0 Å². The standard InChI is InChI=1S/C41H72N4O9/c1-11-13-17-29(27(3)4)23-34(46)33(44-40(50)54-41(7,8)9)25-32(28(5)6)37(38(42)48)45-39(49)31-19-18-30(53-26-36(47)43-20-14-12-2)24-35(31)52-22-16-15-21-51-10/h18-19,24,27-29,32-34,37,46H,11-17,20-23,25-26H2,1-10H3,(H2,42,48)(H,43,47)(H,44,50)(H,45,49). The smallest absolute Gasteiger partial charge is 0.407 e. The van der Waals surface area contributed by atoms with E-state index in [1.165, 1.54) is 6.07 Å². The Hall–Kier alpha value is -3.58. The summed E-state index contributed by atoms with van der Waals surface area (Å²) in [7, 11) is 1.62. The molecule has 0 aliphatic rings. The van der Waals surface area contributed by atoms with Crippen LogP contribution in [-0.2, 0) is 19.1 Å². The highest BCUT2D eigenvalue weighted by atomic mass is 16.6. The zero-order valence-electron chi connectivity index (χ0n) is 34.8. The second kappa shape index (κ2) is 25.5. The van der Waals surface area contributed by atoms with Crippen LogP contribution in [0.25, 0.3) is 0 Å². The van der Waals surface area contributed by atoms with Crippen LogP contribution in [0.5, 0.6) is 11.5 Å². The minimum atomic E-state index is -1.16. The van der Waals surface area contributed by atoms with Crippen molar-refractivity contribution >= 4 is 23.8 Å². The van der Waals surface area contributed by atoms with Crippen LogP contribution in [0.3, 0.4) is 0 Å². The topological polar surface area (TPSA) is 188 Å². The van der Waals surface area contributed by atoms with E-state index in [1.807, 2.05) is 20.8 Å². The summed E-state index contributed by atoms with van der Waals surface area (Å²) in [6.07, 6.45) is 5.14. The molecule has 0 saturated heterocycles. The van der Waals surface area contributed by atoms with Gasteiger partial charge in [-0.05, 0) is 88.7 Å². The van der Waals surface area contributed by atoms with Gasteiger partial charge in [0.25, 0.3) is 11.8 Å². The molecule has 0 bridgehead atoms. The number of hydrogen-bond donors (Lipinski definition) is 5. The molecule has 310 valence electrons. The number of ether oxygens (including phenoxy) is 4. The maximum Gasteiger partial charge on any atom is 0.407 e. The van der Waals surface area contributed by atoms with Gasteiger partial charge in [-0.2, -0.15) is 0 Å². The fourth-order valence-electron chi connectivity index (χ4n) is 6.16. The molecule has 54 heavy (non-hydrogen) atoms. The van der Waals surface area contributed by atoms with Crippen LogP contribution in [0.15, 0.2) is 18.2 Å². The molecule has 13 nitrogen and oxygen atoms in total. The van der Waals surface area contributed by atoms with Gasteiger partial charge in [-0.25, -0.2) is 4.79 Å². The highest BCUT2D eigenvalue weighted by molar-refractivity contribution is 5.99. The van der Waals surface area contributed by atoms with Crippen LogP contribution >= 0.6 is 0 Å². The van der Waals surface area contributed by atoms with E-state index in [0.717, 1.165) is 38.5 Å². The lowest BCUT2D eigenvalue weighted by molar-refractivity contribution is -0.123. The maximum absolute atomic E-state index is 14.0. The van der Waals surface area contributed by atoms with Crippen molar-refractivity contribution in [1.29, 1.82) is 0 Å². The molecule has 1 aromatic rings. The number of methoxy groups -OCH3 is 1. The molecule has 0 heterocycles. The molecule has 0 fully saturated rings. The highest BCUT2D eigenvalue weighted by Gasteiger charge is 2.37. The number of hydrogen-bond acceptors (Lipinski definition) is 9. The van der Waals surface area contributed by atoms with E-state index in [9.17, 15) is 24.3 Å². The summed E-state index contributed by atoms with van der Waals surface area (Å²) in [4.78, 5) is 52.5. The number of nitrogens with one attached hydrogen (secondary N) is 3. The van der Waals surface area contributed by atoms with Gasteiger partial charge >= 0.3 is 6.09 Å². The summed E-state index contributed by atoms with van der Waals surface area (Å²) in [5.41, 5.74) is 5.36. The van der Waals surface area contributed by atoms with Gasteiger partial charge in [0.15, 0.2) is 6.61 Å². The lowest BCUT2D eigenvalue weighted by Crippen LogP contribution is -2.54. The lowest BCUT2D eigenvalue weighted by Gasteiger charge is -2.35. The van der Waals surface area contributed by atoms with Gasteiger partial charge in [0.05, 0.1) is 24.3 Å². The molecule has 0 spiro atoms. The number of carbonyl (C=O) groups excluding carboxylic acids is 4. The van der Waals surface area contributed by atoms with Gasteiger partial charge in [-0.3, -0.25) is 14.4 Å². The van der Waals surface area contributed by atoms with Crippen LogP contribution in [-0.4, -0.2) is 86.2 Å². The van der Waals surface area contributed by atoms with Crippen molar-refractivity contribution in [2.45, 2.75) is 144 Å². The van der Waals surface area contributed by atoms with Crippen molar-refractivity contribution in [3.8, 4) is 11.5 Å². The predicted molar refractivity (Wildman–Crippen MR) is 211 cm³/mol. The molecule has 6 N–H and O–H groups in total. The molecule has 0 saturated carbocycles. The molecule has 0 aliphatic carbocycles. The third-order valence-corrected chi connectivity index (χ3v) is 9.41. The summed E-state index contributed by atoms with van der Waals surface area (Å²) < 4.78 is 22.4. The predicted octanol–water partition coefficient (Wildman–Crippen LogP) is 6.14. The van der Waals surface area contributed by atoms with Crippen molar-refractivity contribution < 1.29 is 43.2 Å². The van der Waals surface area contributed by atoms with Crippen molar-refractivity contribution in [2.75, 3.05) is 33.5 Å². The maximum atomic E-state index is 14.0. The van der Waals surface area contributed by atoms with Crippen LogP contribution in [0.4, 0.5) is 4.79 Å². The van der Waals surface area contributed by atoms with Crippen LogP contribution in [0.1, 0.15) is 130 Å². The molecule has 1 rings (SSSR count). The second-order valence-corrected chi connectivity index (χ2v) is 15.9. The Morgan fingerprint density at radius 3 is 2.11 bits per heavy atom. The molecule has 0 aliphatic heterocycles. The minimum absolute atomic E-state index is 0.139. The van der Waals surface area contributed by atoms with E-state index in [4.69, 9.17) is 24.7 Å². The number of carbonyl (C=O) groups is 4. The average molecular weight is 765 g/mol. The first kappa shape index (κ1) is 48.4. The summed E-state index contributed by atoms with van der Waals surface area (Å²) in [6.45, 7) is 18.7. The first-order valence-corrected chi connectivity index (χ1v) is 19.9. The summed E-state index contributed by atoms with van der Waals surface area (Å²) >= 11 is 0. The summed E-state index contributed by atoms with van der Waals surface area (Å²) in [5.74, 6) is -1.34. The number of alkyl carbamates (subject to hydrolysis) is 1. The Kier molecular flexibility index (Phi) is 22.9. The monoisotopic (exact) mass is 765 g/mol. The van der Waals surface area contributed by atoms with Crippen molar-refractivity contribution in [3.05, 3.63) is 23.8 Å². The number of aliphatic hydroxyl groups is 1. The Balaban J connectivity index is 3.42. The van der Waals surface area contributed by atoms with E-state index in [2.05, 4.69) is 36.7 Å². The largest absolute Gasteiger partial charge is 0.493 e. The van der Waals surface area contributed by atoms with Gasteiger partial charge < -0.3 is 45.7 Å². The van der Waals surface area contributed by atoms with Gasteiger partial charge in [0.2, 0.25) is 5.91 Å². The molecular formula is C41H72N4O9. The van der Waals surface area contributed by atoms with Crippen molar-refractivity contribution in [3.63, 3.8) is 0 Å². The molecule has 5 atom stereocenters. The Labute approximate surface area is 324 Å². The fraction of sp³-hybridized carbons (Fsp3) is 0.756. The van der Waals surface area contributed by atoms with E-state index >= 15 is 0 Å². The third-order valence-electron chi connectivity index (χ3n) is 9.41. The third kappa shape index (κ3) is 19.1. The molecule has 1 aromatic carbocycles. The van der Waals surface area contributed by atoms with E-state index in [1.54, 1.807) is 40.0 Å². The fourth-order valence-corrected chi connectivity index (χ4v) is 6.16. The van der Waals surface area contributed by atoms with Gasteiger partial charge in [0.1, 0.15) is 23.1 Å². The van der Waals surface area contributed by atoms with E-state index < -0.39 is 47.6 Å². The SMILES string of the molecule is CCCCNC(=O)COc1ccc(C(=O)NC(C(N)=O)C(CC(NC(=O)OC(C)(C)C)C(O)CC(CCCC)C(C)C)C(C)C)c(OCCCCOC)c1.